The number of hydrogen-bond donors (Lipinski definition) is 1. The Hall–Kier alpha value is -3.04. The molecule has 9 heteroatoms. The Morgan fingerprint density at radius 3 is 2.93 bits per heavy atom. The Balaban J connectivity index is 1.39. The topological polar surface area (TPSA) is 87.1 Å². The fraction of sp³-hybridized carbons (Fsp3) is 0.333. The van der Waals surface area contributed by atoms with Crippen LogP contribution in [0.1, 0.15) is 13.3 Å². The van der Waals surface area contributed by atoms with Crippen LogP contribution in [0.5, 0.6) is 0 Å². The number of anilines is 2. The lowest BCUT2D eigenvalue weighted by atomic mass is 9.91. The van der Waals surface area contributed by atoms with Gasteiger partial charge in [0, 0.05) is 25.0 Å². The van der Waals surface area contributed by atoms with Crippen LogP contribution in [0.4, 0.5) is 10.8 Å². The zero-order chi connectivity index (χ0) is 20.7. The predicted octanol–water partition coefficient (Wildman–Crippen LogP) is 2.54. The second kappa shape index (κ2) is 7.33. The first-order valence-electron chi connectivity index (χ1n) is 9.83. The Bertz CT molecular complexity index is 1120. The van der Waals surface area contributed by atoms with Crippen molar-refractivity contribution in [1.82, 2.24) is 9.88 Å². The third kappa shape index (κ3) is 3.29. The number of carbonyl (C=O) groups is 2. The quantitative estimate of drug-likeness (QED) is 0.817. The van der Waals surface area contributed by atoms with Crippen molar-refractivity contribution in [3.05, 3.63) is 42.6 Å². The number of hydrogen-bond acceptors (Lipinski definition) is 7. The number of aliphatic imine (C=N–C) groups is 1. The number of nitrogens with zero attached hydrogens (tertiary/aromatic N) is 4. The zero-order valence-corrected chi connectivity index (χ0v) is 17.3. The van der Waals surface area contributed by atoms with Gasteiger partial charge in [0.25, 0.3) is 11.8 Å². The molecule has 1 atom stereocenters. The summed E-state index contributed by atoms with van der Waals surface area (Å²) in [6, 6.07) is 5.69. The lowest BCUT2D eigenvalue weighted by molar-refractivity contribution is -0.130. The number of rotatable bonds is 3. The van der Waals surface area contributed by atoms with E-state index in [2.05, 4.69) is 15.2 Å². The Labute approximate surface area is 177 Å². The van der Waals surface area contributed by atoms with Crippen molar-refractivity contribution in [3.8, 4) is 0 Å². The molecule has 8 nitrogen and oxygen atoms in total. The number of amidine groups is 1. The first-order valence-corrected chi connectivity index (χ1v) is 10.7. The highest BCUT2D eigenvalue weighted by Gasteiger charge is 2.45. The molecule has 0 saturated carbocycles. The van der Waals surface area contributed by atoms with Gasteiger partial charge in [0.05, 0.1) is 29.9 Å². The number of carbonyl (C=O) groups excluding carboxylic acids is 2. The summed E-state index contributed by atoms with van der Waals surface area (Å²) < 4.78 is 6.41. The fourth-order valence-corrected chi connectivity index (χ4v) is 4.88. The van der Waals surface area contributed by atoms with Gasteiger partial charge >= 0.3 is 0 Å². The van der Waals surface area contributed by atoms with Gasteiger partial charge in [-0.3, -0.25) is 9.59 Å². The number of ether oxygens (including phenoxy) is 1. The first kappa shape index (κ1) is 19.0. The van der Waals surface area contributed by atoms with Crippen molar-refractivity contribution in [2.24, 2.45) is 4.99 Å². The van der Waals surface area contributed by atoms with Crippen molar-refractivity contribution < 1.29 is 14.3 Å². The van der Waals surface area contributed by atoms with Gasteiger partial charge in [-0.05, 0) is 37.3 Å². The molecule has 1 fully saturated rings. The van der Waals surface area contributed by atoms with Crippen LogP contribution in [-0.4, -0.2) is 59.4 Å². The van der Waals surface area contributed by atoms with Gasteiger partial charge < -0.3 is 19.9 Å². The maximum Gasteiger partial charge on any atom is 0.250 e. The predicted molar refractivity (Wildman–Crippen MR) is 117 cm³/mol. The molecule has 0 bridgehead atoms. The van der Waals surface area contributed by atoms with Crippen LogP contribution in [-0.2, 0) is 14.3 Å². The molecule has 3 aliphatic rings. The van der Waals surface area contributed by atoms with Crippen LogP contribution in [0.15, 0.2) is 47.6 Å². The van der Waals surface area contributed by atoms with Crippen molar-refractivity contribution >= 4 is 50.0 Å². The van der Waals surface area contributed by atoms with Crippen LogP contribution < -0.4 is 10.2 Å². The molecule has 5 rings (SSSR count). The van der Waals surface area contributed by atoms with Gasteiger partial charge in [-0.15, -0.1) is 0 Å². The van der Waals surface area contributed by atoms with E-state index in [0.717, 1.165) is 28.4 Å². The van der Waals surface area contributed by atoms with Crippen LogP contribution in [0, 0.1) is 0 Å². The maximum atomic E-state index is 13.2. The number of nitrogens with one attached hydrogen (secondary N) is 1. The SMILES string of the molecule is CC1(C(=O)Nc2ccc3nc(N4CCOCC4)sc3c2)CC(=O)N=C2C=CC=CN21. The van der Waals surface area contributed by atoms with Gasteiger partial charge in [0.15, 0.2) is 5.13 Å². The van der Waals surface area contributed by atoms with E-state index in [1.165, 1.54) is 0 Å². The molecule has 2 aromatic rings. The number of aromatic nitrogens is 1. The molecule has 1 N–H and O–H groups in total. The average molecular weight is 423 g/mol. The van der Waals surface area contributed by atoms with E-state index in [1.54, 1.807) is 41.5 Å². The highest BCUT2D eigenvalue weighted by atomic mass is 32.1. The molecule has 0 radical (unpaired) electrons. The molecule has 1 unspecified atom stereocenters. The summed E-state index contributed by atoms with van der Waals surface area (Å²) in [6.07, 6.45) is 7.17. The summed E-state index contributed by atoms with van der Waals surface area (Å²) in [7, 11) is 0. The number of thiazole rings is 1. The van der Waals surface area contributed by atoms with E-state index in [4.69, 9.17) is 9.72 Å². The van der Waals surface area contributed by atoms with E-state index >= 15 is 0 Å². The molecule has 0 aliphatic carbocycles. The van der Waals surface area contributed by atoms with E-state index in [9.17, 15) is 9.59 Å². The summed E-state index contributed by atoms with van der Waals surface area (Å²) in [6.45, 7) is 4.84. The molecule has 0 spiro atoms. The van der Waals surface area contributed by atoms with E-state index in [-0.39, 0.29) is 18.2 Å². The largest absolute Gasteiger partial charge is 0.378 e. The molecule has 1 aromatic heterocycles. The van der Waals surface area contributed by atoms with E-state index in [0.29, 0.717) is 24.7 Å². The lowest BCUT2D eigenvalue weighted by Gasteiger charge is -2.41. The summed E-state index contributed by atoms with van der Waals surface area (Å²) in [5.41, 5.74) is 0.535. The summed E-state index contributed by atoms with van der Waals surface area (Å²) in [4.78, 5) is 38.1. The smallest absolute Gasteiger partial charge is 0.250 e. The Morgan fingerprint density at radius 2 is 2.10 bits per heavy atom. The van der Waals surface area contributed by atoms with Gasteiger partial charge in [-0.2, -0.15) is 4.99 Å². The average Bonchev–Trinajstić information content (AvgIpc) is 3.18. The highest BCUT2D eigenvalue weighted by Crippen LogP contribution is 2.33. The van der Waals surface area contributed by atoms with Gasteiger partial charge in [-0.1, -0.05) is 17.4 Å². The summed E-state index contributed by atoms with van der Waals surface area (Å²) in [5, 5.41) is 3.95. The van der Waals surface area contributed by atoms with Gasteiger partial charge in [0.1, 0.15) is 11.4 Å². The minimum absolute atomic E-state index is 0.0183. The molecular formula is C21H21N5O3S. The number of allylic oxidation sites excluding steroid dienone is 2. The first-order chi connectivity index (χ1) is 14.5. The Kier molecular flexibility index (Phi) is 4.63. The summed E-state index contributed by atoms with van der Waals surface area (Å²) in [5.74, 6) is -0.0631. The minimum Gasteiger partial charge on any atom is -0.378 e. The third-order valence-corrected chi connectivity index (χ3v) is 6.59. The molecule has 4 heterocycles. The van der Waals surface area contributed by atoms with Gasteiger partial charge in [-0.25, -0.2) is 4.98 Å². The monoisotopic (exact) mass is 423 g/mol. The normalized spacial score (nSPS) is 23.5. The lowest BCUT2D eigenvalue weighted by Crippen LogP contribution is -2.58. The maximum absolute atomic E-state index is 13.2. The molecular weight excluding hydrogens is 402 g/mol. The van der Waals surface area contributed by atoms with Crippen LogP contribution >= 0.6 is 11.3 Å². The molecule has 1 aromatic carbocycles. The van der Waals surface area contributed by atoms with E-state index in [1.807, 2.05) is 24.3 Å². The van der Waals surface area contributed by atoms with Crippen molar-refractivity contribution in [1.29, 1.82) is 0 Å². The number of amides is 2. The molecule has 3 aliphatic heterocycles. The Morgan fingerprint density at radius 1 is 1.27 bits per heavy atom. The second-order valence-electron chi connectivity index (χ2n) is 7.62. The van der Waals surface area contributed by atoms with Crippen molar-refractivity contribution in [2.75, 3.05) is 36.5 Å². The molecule has 154 valence electrons. The minimum atomic E-state index is -1.04. The standard InChI is InChI=1S/C21H21N5O3S/c1-21(13-18(27)24-17-4-2-3-7-26(17)21)19(28)22-14-5-6-15-16(12-14)30-20(23-15)25-8-10-29-11-9-25/h2-7,12H,8-11,13H2,1H3,(H,22,28). The third-order valence-electron chi connectivity index (χ3n) is 5.51. The van der Waals surface area contributed by atoms with Crippen molar-refractivity contribution in [3.63, 3.8) is 0 Å². The highest BCUT2D eigenvalue weighted by molar-refractivity contribution is 7.22. The van der Waals surface area contributed by atoms with Crippen LogP contribution in [0.25, 0.3) is 10.2 Å². The van der Waals surface area contributed by atoms with Gasteiger partial charge in [0.2, 0.25) is 0 Å². The molecule has 2 amide bonds. The van der Waals surface area contributed by atoms with Crippen LogP contribution in [0.2, 0.25) is 0 Å². The number of benzene rings is 1. The number of morpholine rings is 1. The molecule has 30 heavy (non-hydrogen) atoms. The number of fused-ring (bicyclic) bond motifs is 2. The second-order valence-corrected chi connectivity index (χ2v) is 8.63. The molecule has 1 saturated heterocycles. The zero-order valence-electron chi connectivity index (χ0n) is 16.5. The summed E-state index contributed by atoms with van der Waals surface area (Å²) >= 11 is 1.60. The van der Waals surface area contributed by atoms with Crippen LogP contribution in [0.3, 0.4) is 0 Å². The van der Waals surface area contributed by atoms with Crippen molar-refractivity contribution in [2.45, 2.75) is 18.9 Å². The fourth-order valence-electron chi connectivity index (χ4n) is 3.82. The van der Waals surface area contributed by atoms with E-state index < -0.39 is 5.54 Å².